The molecule has 3 saturated heterocycles. The predicted molar refractivity (Wildman–Crippen MR) is 162 cm³/mol. The summed E-state index contributed by atoms with van der Waals surface area (Å²) in [7, 11) is -2.95. The lowest BCUT2D eigenvalue weighted by molar-refractivity contribution is -0.119. The van der Waals surface area contributed by atoms with E-state index in [0.29, 0.717) is 38.8 Å². The van der Waals surface area contributed by atoms with Gasteiger partial charge < -0.3 is 21.1 Å². The van der Waals surface area contributed by atoms with E-state index in [-0.39, 0.29) is 53.6 Å². The highest BCUT2D eigenvalue weighted by Crippen LogP contribution is 2.49. The first-order valence-electron chi connectivity index (χ1n) is 15.1. The molecule has 1 amide bonds. The van der Waals surface area contributed by atoms with Crippen LogP contribution in [0, 0.1) is 23.4 Å². The third kappa shape index (κ3) is 7.38. The topological polar surface area (TPSA) is 120 Å². The molecule has 0 saturated carbocycles. The van der Waals surface area contributed by atoms with Crippen LogP contribution in [0.2, 0.25) is 0 Å². The van der Waals surface area contributed by atoms with E-state index in [1.54, 1.807) is 16.4 Å². The summed E-state index contributed by atoms with van der Waals surface area (Å²) in [6.07, 6.45) is 3.16. The molecule has 3 aliphatic heterocycles. The van der Waals surface area contributed by atoms with E-state index in [0.717, 1.165) is 18.1 Å². The molecule has 0 radical (unpaired) electrons. The highest BCUT2D eigenvalue weighted by molar-refractivity contribution is 8.22. The molecule has 43 heavy (non-hydrogen) atoms. The van der Waals surface area contributed by atoms with Gasteiger partial charge in [-0.3, -0.25) is 13.9 Å². The number of nitrogens with zero attached hydrogens (tertiary/aromatic N) is 1. The number of carbonyl (C=O) groups is 1. The van der Waals surface area contributed by atoms with Crippen LogP contribution in [0.3, 0.4) is 0 Å². The van der Waals surface area contributed by atoms with Gasteiger partial charge in [-0.15, -0.1) is 10.8 Å². The van der Waals surface area contributed by atoms with Crippen LogP contribution in [0.25, 0.3) is 0 Å². The number of fused-ring (bicyclic) bond motifs is 2. The maximum atomic E-state index is 15.2. The number of hydrogen-bond acceptors (Lipinski definition) is 7. The van der Waals surface area contributed by atoms with Gasteiger partial charge in [0.1, 0.15) is 5.82 Å². The Morgan fingerprint density at radius 2 is 1.84 bits per heavy atom. The summed E-state index contributed by atoms with van der Waals surface area (Å²) < 4.78 is 72.6. The van der Waals surface area contributed by atoms with Crippen molar-refractivity contribution in [3.05, 3.63) is 65.0 Å². The van der Waals surface area contributed by atoms with Gasteiger partial charge in [0.25, 0.3) is 0 Å². The predicted octanol–water partition coefficient (Wildman–Crippen LogP) is 5.39. The summed E-state index contributed by atoms with van der Waals surface area (Å²) in [6, 6.07) is 7.06. The van der Waals surface area contributed by atoms with Gasteiger partial charge in [0, 0.05) is 42.3 Å². The Kier molecular flexibility index (Phi) is 10.1. The molecule has 0 aliphatic carbocycles. The molecule has 3 fully saturated rings. The summed E-state index contributed by atoms with van der Waals surface area (Å²) in [6.45, 7) is 4.91. The van der Waals surface area contributed by atoms with E-state index in [1.165, 1.54) is 18.2 Å². The molecule has 2 bridgehead atoms. The molecule has 3 aliphatic rings. The average Bonchev–Trinajstić information content (AvgIpc) is 3.07. The van der Waals surface area contributed by atoms with Gasteiger partial charge in [-0.25, -0.2) is 17.5 Å². The Balaban J connectivity index is 1.36. The maximum absolute atomic E-state index is 15.2. The number of carbonyl (C=O) groups excluding carboxylic acids is 1. The molecule has 0 spiro atoms. The smallest absolute Gasteiger partial charge is 0.241 e. The second-order valence-corrected chi connectivity index (χ2v) is 14.5. The fraction of sp³-hybridized carbons (Fsp3) is 0.581. The Morgan fingerprint density at radius 3 is 2.53 bits per heavy atom. The molecule has 12 heteroatoms. The molecule has 3 heterocycles. The van der Waals surface area contributed by atoms with E-state index in [2.05, 4.69) is 10.6 Å². The Labute approximate surface area is 253 Å². The summed E-state index contributed by atoms with van der Waals surface area (Å²) in [5.41, 5.74) is 7.47. The number of amides is 1. The quantitative estimate of drug-likeness (QED) is 0.267. The molecule has 2 aromatic carbocycles. The van der Waals surface area contributed by atoms with Crippen molar-refractivity contribution in [3.63, 3.8) is 0 Å². The highest BCUT2D eigenvalue weighted by atomic mass is 32.3. The highest BCUT2D eigenvalue weighted by Gasteiger charge is 2.39. The average molecular weight is 625 g/mol. The number of nitrogens with two attached hydrogens (primary N) is 1. The second-order valence-electron chi connectivity index (χ2n) is 12.3. The second kappa shape index (κ2) is 13.4. The maximum Gasteiger partial charge on any atom is 0.241 e. The van der Waals surface area contributed by atoms with Gasteiger partial charge in [-0.05, 0) is 88.1 Å². The molecule has 8 atom stereocenters. The molecule has 8 nitrogen and oxygen atoms in total. The lowest BCUT2D eigenvalue weighted by Gasteiger charge is -2.49. The first-order valence-corrected chi connectivity index (χ1v) is 16.8. The van der Waals surface area contributed by atoms with Gasteiger partial charge in [-0.2, -0.15) is 0 Å². The fourth-order valence-corrected chi connectivity index (χ4v) is 8.99. The van der Waals surface area contributed by atoms with E-state index in [9.17, 15) is 22.7 Å². The summed E-state index contributed by atoms with van der Waals surface area (Å²) >= 11 is 0. The van der Waals surface area contributed by atoms with Crippen molar-refractivity contribution in [1.82, 2.24) is 9.62 Å². The lowest BCUT2D eigenvalue weighted by atomic mass is 9.74. The zero-order chi connectivity index (χ0) is 30.9. The third-order valence-electron chi connectivity index (χ3n) is 9.16. The van der Waals surface area contributed by atoms with Crippen LogP contribution in [-0.4, -0.2) is 68.5 Å². The van der Waals surface area contributed by atoms with Crippen molar-refractivity contribution >= 4 is 22.4 Å². The van der Waals surface area contributed by atoms with Crippen LogP contribution in [0.15, 0.2) is 36.4 Å². The number of hydrogen-bond donors (Lipinski definition) is 5. The van der Waals surface area contributed by atoms with Gasteiger partial charge in [0.05, 0.1) is 24.0 Å². The van der Waals surface area contributed by atoms with Crippen molar-refractivity contribution in [2.24, 2.45) is 11.7 Å². The van der Waals surface area contributed by atoms with Crippen LogP contribution in [0.1, 0.15) is 63.0 Å². The van der Waals surface area contributed by atoms with Crippen LogP contribution in [-0.2, 0) is 16.0 Å². The number of anilines is 1. The first kappa shape index (κ1) is 32.2. The standard InChI is InChI=1S/C31H43F3N4O4S/c1-18-14-21(15-19(2)42-18)28(20-5-7-22(32)8-6-20)30(35)31(39)37-27-12-11-26(33)29(34)25(27)10-9-24-16-36-23-4-3-13-43(40,41)38(24)17-23/h5-8,11-12,18-19,21,23-24,28,30,36,40-41H,3-4,9-10,13-17,35H2,1-2H3,(H,37,39)/t18-,19+,21?,23-,24+,28+,30?/m1/s1. The molecule has 6 N–H and O–H groups in total. The fourth-order valence-electron chi connectivity index (χ4n) is 7.13. The molecular weight excluding hydrogens is 581 g/mol. The summed E-state index contributed by atoms with van der Waals surface area (Å²) in [4.78, 5) is 13.7. The molecular formula is C31H43F3N4O4S. The van der Waals surface area contributed by atoms with E-state index in [4.69, 9.17) is 10.5 Å². The van der Waals surface area contributed by atoms with E-state index >= 15 is 4.39 Å². The minimum Gasteiger partial charge on any atom is -0.376 e. The number of halogens is 3. The number of ether oxygens (including phenoxy) is 1. The van der Waals surface area contributed by atoms with Crippen LogP contribution < -0.4 is 16.4 Å². The third-order valence-corrected chi connectivity index (χ3v) is 11.2. The van der Waals surface area contributed by atoms with Crippen molar-refractivity contribution in [3.8, 4) is 0 Å². The zero-order valence-electron chi connectivity index (χ0n) is 24.6. The minimum atomic E-state index is -2.95. The Hall–Kier alpha value is -2.19. The van der Waals surface area contributed by atoms with E-state index in [1.807, 2.05) is 13.8 Å². The van der Waals surface area contributed by atoms with Crippen LogP contribution >= 0.6 is 10.8 Å². The van der Waals surface area contributed by atoms with Gasteiger partial charge in [-0.1, -0.05) is 12.1 Å². The molecule has 5 rings (SSSR count). The van der Waals surface area contributed by atoms with Gasteiger partial charge in [0.2, 0.25) is 5.91 Å². The number of rotatable bonds is 8. The lowest BCUT2D eigenvalue weighted by Crippen LogP contribution is -2.55. The van der Waals surface area contributed by atoms with Gasteiger partial charge >= 0.3 is 0 Å². The van der Waals surface area contributed by atoms with Crippen molar-refractivity contribution in [1.29, 1.82) is 0 Å². The Morgan fingerprint density at radius 1 is 1.14 bits per heavy atom. The van der Waals surface area contributed by atoms with Crippen LogP contribution in [0.5, 0.6) is 0 Å². The van der Waals surface area contributed by atoms with Crippen molar-refractivity contribution in [2.45, 2.75) is 88.6 Å². The van der Waals surface area contributed by atoms with Crippen LogP contribution in [0.4, 0.5) is 18.9 Å². The normalized spacial score (nSPS) is 31.0. The van der Waals surface area contributed by atoms with Gasteiger partial charge in [0.15, 0.2) is 11.6 Å². The van der Waals surface area contributed by atoms with E-state index < -0.39 is 46.1 Å². The largest absolute Gasteiger partial charge is 0.376 e. The Bertz CT molecular complexity index is 1280. The monoisotopic (exact) mass is 624 g/mol. The number of benzene rings is 2. The summed E-state index contributed by atoms with van der Waals surface area (Å²) in [5.74, 6) is -3.24. The van der Waals surface area contributed by atoms with Crippen molar-refractivity contribution < 1.29 is 31.8 Å². The number of nitrogens with one attached hydrogen (secondary N) is 2. The molecule has 0 aromatic heterocycles. The minimum absolute atomic E-state index is 0.000572. The molecule has 3 unspecified atom stereocenters. The molecule has 238 valence electrons. The van der Waals surface area contributed by atoms with Crippen molar-refractivity contribution in [2.75, 3.05) is 24.2 Å². The zero-order valence-corrected chi connectivity index (χ0v) is 25.5. The number of piperazine rings is 1. The SMILES string of the molecule is C[C@@H]1CC([C@H](c2ccc(F)cc2)C(N)C(=O)Nc2ccc(F)c(F)c2CC[C@H]2CN[C@@H]3CCCS(O)(O)N2C3)C[C@H](C)O1. The summed E-state index contributed by atoms with van der Waals surface area (Å²) in [5, 5.41) is 6.19. The first-order chi connectivity index (χ1) is 20.4. The molecule has 2 aromatic rings.